The lowest BCUT2D eigenvalue weighted by molar-refractivity contribution is -0.158. The Balaban J connectivity index is 1.52. The minimum atomic E-state index is -0.498. The van der Waals surface area contributed by atoms with Crippen LogP contribution in [0.15, 0.2) is 55.1 Å². The molecule has 1 heterocycles. The van der Waals surface area contributed by atoms with Crippen LogP contribution in [0.1, 0.15) is 75.2 Å². The molecule has 0 amide bonds. The molecule has 1 aliphatic heterocycles. The highest BCUT2D eigenvalue weighted by molar-refractivity contribution is 5.54. The van der Waals surface area contributed by atoms with Gasteiger partial charge in [0.2, 0.25) is 0 Å². The number of aryl methyl sites for hydroxylation is 1. The summed E-state index contributed by atoms with van der Waals surface area (Å²) in [5, 5.41) is 3.57. The van der Waals surface area contributed by atoms with Crippen molar-refractivity contribution >= 4 is 5.69 Å². The van der Waals surface area contributed by atoms with Gasteiger partial charge < -0.3 is 19.5 Å². The van der Waals surface area contributed by atoms with Crippen molar-refractivity contribution in [3.8, 4) is 5.75 Å². The standard InChI is InChI=1S/C30H41NO3/c1-5-18-33-29-28(32-19-17-23-9-7-6-8-10-23)26-20-25(15-16-27(26)34-30(29,3)4)31-21-24-13-11-22(2)12-14-24/h5,11-16,20,23,28-29,31H,1,6-10,17-19,21H2,2-4H3. The molecule has 0 radical (unpaired) electrons. The molecule has 1 fully saturated rings. The van der Waals surface area contributed by atoms with E-state index in [0.29, 0.717) is 6.61 Å². The molecule has 0 saturated heterocycles. The molecule has 1 N–H and O–H groups in total. The number of hydrogen-bond acceptors (Lipinski definition) is 4. The molecule has 4 nitrogen and oxygen atoms in total. The summed E-state index contributed by atoms with van der Waals surface area (Å²) in [4.78, 5) is 0. The van der Waals surface area contributed by atoms with Gasteiger partial charge in [0, 0.05) is 24.4 Å². The second-order valence-electron chi connectivity index (χ2n) is 10.4. The van der Waals surface area contributed by atoms with Gasteiger partial charge in [0.25, 0.3) is 0 Å². The fraction of sp³-hybridized carbons (Fsp3) is 0.533. The molecule has 2 aromatic rings. The van der Waals surface area contributed by atoms with E-state index >= 15 is 0 Å². The fourth-order valence-corrected chi connectivity index (χ4v) is 5.23. The molecule has 2 unspecified atom stereocenters. The van der Waals surface area contributed by atoms with Crippen molar-refractivity contribution < 1.29 is 14.2 Å². The van der Waals surface area contributed by atoms with Crippen molar-refractivity contribution in [1.82, 2.24) is 0 Å². The number of nitrogens with one attached hydrogen (secondary N) is 1. The molecule has 34 heavy (non-hydrogen) atoms. The Hall–Kier alpha value is -2.30. The second-order valence-corrected chi connectivity index (χ2v) is 10.4. The zero-order valence-electron chi connectivity index (χ0n) is 21.1. The maximum absolute atomic E-state index is 6.62. The number of fused-ring (bicyclic) bond motifs is 1. The minimum absolute atomic E-state index is 0.177. The Labute approximate surface area is 205 Å². The van der Waals surface area contributed by atoms with Gasteiger partial charge in [0.05, 0.1) is 6.61 Å². The maximum atomic E-state index is 6.62. The summed E-state index contributed by atoms with van der Waals surface area (Å²) in [6, 6.07) is 15.0. The van der Waals surface area contributed by atoms with Crippen LogP contribution in [-0.4, -0.2) is 24.9 Å². The van der Waals surface area contributed by atoms with Crippen LogP contribution in [0.5, 0.6) is 5.75 Å². The van der Waals surface area contributed by atoms with E-state index in [9.17, 15) is 0 Å². The molecule has 1 aliphatic carbocycles. The normalized spacial score (nSPS) is 22.0. The SMILES string of the molecule is C=CCOC1C(OCCC2CCCCC2)c2cc(NCc3ccc(C)cc3)ccc2OC1(C)C. The molecule has 4 heteroatoms. The van der Waals surface area contributed by atoms with E-state index in [1.807, 2.05) is 0 Å². The molecule has 2 atom stereocenters. The lowest BCUT2D eigenvalue weighted by atomic mass is 9.86. The number of hydrogen-bond donors (Lipinski definition) is 1. The van der Waals surface area contributed by atoms with Gasteiger partial charge in [-0.2, -0.15) is 0 Å². The van der Waals surface area contributed by atoms with Crippen LogP contribution in [0, 0.1) is 12.8 Å². The third kappa shape index (κ3) is 6.22. The van der Waals surface area contributed by atoms with Crippen molar-refractivity contribution in [2.45, 2.75) is 83.6 Å². The van der Waals surface area contributed by atoms with Crippen LogP contribution >= 0.6 is 0 Å². The summed E-state index contributed by atoms with van der Waals surface area (Å²) in [7, 11) is 0. The smallest absolute Gasteiger partial charge is 0.132 e. The zero-order chi connectivity index (χ0) is 24.0. The Morgan fingerprint density at radius 1 is 1.06 bits per heavy atom. The molecule has 0 aromatic heterocycles. The topological polar surface area (TPSA) is 39.7 Å². The van der Waals surface area contributed by atoms with Crippen molar-refractivity contribution in [2.24, 2.45) is 5.92 Å². The van der Waals surface area contributed by atoms with Crippen LogP contribution in [0.25, 0.3) is 0 Å². The molecular formula is C30H41NO3. The Morgan fingerprint density at radius 2 is 1.82 bits per heavy atom. The van der Waals surface area contributed by atoms with E-state index in [2.05, 4.69) is 75.1 Å². The first kappa shape index (κ1) is 24.8. The van der Waals surface area contributed by atoms with E-state index in [4.69, 9.17) is 14.2 Å². The second kappa shape index (κ2) is 11.4. The number of anilines is 1. The quantitative estimate of drug-likeness (QED) is 0.373. The van der Waals surface area contributed by atoms with Crippen LogP contribution in [-0.2, 0) is 16.0 Å². The molecule has 0 bridgehead atoms. The predicted molar refractivity (Wildman–Crippen MR) is 139 cm³/mol. The minimum Gasteiger partial charge on any atom is -0.485 e. The summed E-state index contributed by atoms with van der Waals surface area (Å²) < 4.78 is 19.3. The van der Waals surface area contributed by atoms with Crippen molar-refractivity contribution in [3.63, 3.8) is 0 Å². The lowest BCUT2D eigenvalue weighted by Crippen LogP contribution is -2.51. The maximum Gasteiger partial charge on any atom is 0.132 e. The molecule has 2 aromatic carbocycles. The van der Waals surface area contributed by atoms with E-state index in [-0.39, 0.29) is 12.2 Å². The van der Waals surface area contributed by atoms with Crippen LogP contribution in [0.2, 0.25) is 0 Å². The van der Waals surface area contributed by atoms with Crippen LogP contribution in [0.4, 0.5) is 5.69 Å². The summed E-state index contributed by atoms with van der Waals surface area (Å²) in [5.74, 6) is 1.67. The van der Waals surface area contributed by atoms with Gasteiger partial charge in [-0.3, -0.25) is 0 Å². The molecule has 4 rings (SSSR count). The molecule has 1 saturated carbocycles. The average Bonchev–Trinajstić information content (AvgIpc) is 2.83. The highest BCUT2D eigenvalue weighted by atomic mass is 16.6. The summed E-state index contributed by atoms with van der Waals surface area (Å²) >= 11 is 0. The molecular weight excluding hydrogens is 422 g/mol. The van der Waals surface area contributed by atoms with E-state index in [1.54, 1.807) is 6.08 Å². The largest absolute Gasteiger partial charge is 0.485 e. The first-order valence-corrected chi connectivity index (χ1v) is 12.9. The van der Waals surface area contributed by atoms with Gasteiger partial charge in [0.15, 0.2) is 0 Å². The monoisotopic (exact) mass is 463 g/mol. The van der Waals surface area contributed by atoms with Gasteiger partial charge in [-0.1, -0.05) is 68.0 Å². The fourth-order valence-electron chi connectivity index (χ4n) is 5.23. The van der Waals surface area contributed by atoms with Crippen molar-refractivity contribution in [3.05, 3.63) is 71.8 Å². The third-order valence-electron chi connectivity index (χ3n) is 7.21. The van der Waals surface area contributed by atoms with Crippen LogP contribution in [0.3, 0.4) is 0 Å². The van der Waals surface area contributed by atoms with Gasteiger partial charge >= 0.3 is 0 Å². The summed E-state index contributed by atoms with van der Waals surface area (Å²) in [5.41, 5.74) is 4.16. The van der Waals surface area contributed by atoms with Crippen molar-refractivity contribution in [1.29, 1.82) is 0 Å². The van der Waals surface area contributed by atoms with Crippen molar-refractivity contribution in [2.75, 3.05) is 18.5 Å². The van der Waals surface area contributed by atoms with E-state index in [1.165, 1.54) is 43.2 Å². The van der Waals surface area contributed by atoms with Gasteiger partial charge in [0.1, 0.15) is 23.6 Å². The first-order valence-electron chi connectivity index (χ1n) is 12.9. The Morgan fingerprint density at radius 3 is 2.56 bits per heavy atom. The van der Waals surface area contributed by atoms with Gasteiger partial charge in [-0.05, 0) is 56.9 Å². The summed E-state index contributed by atoms with van der Waals surface area (Å²) in [6.07, 6.45) is 9.30. The Kier molecular flexibility index (Phi) is 8.33. The van der Waals surface area contributed by atoms with Gasteiger partial charge in [-0.25, -0.2) is 0 Å². The highest BCUT2D eigenvalue weighted by Crippen LogP contribution is 2.44. The lowest BCUT2D eigenvalue weighted by Gasteiger charge is -2.44. The Bertz CT molecular complexity index is 931. The zero-order valence-corrected chi connectivity index (χ0v) is 21.1. The molecule has 2 aliphatic rings. The number of benzene rings is 2. The molecule has 0 spiro atoms. The average molecular weight is 464 g/mol. The third-order valence-corrected chi connectivity index (χ3v) is 7.21. The number of ether oxygens (including phenoxy) is 3. The predicted octanol–water partition coefficient (Wildman–Crippen LogP) is 7.38. The number of rotatable bonds is 10. The van der Waals surface area contributed by atoms with Gasteiger partial charge in [-0.15, -0.1) is 6.58 Å². The summed E-state index contributed by atoms with van der Waals surface area (Å²) in [6.45, 7) is 12.1. The molecule has 184 valence electrons. The highest BCUT2D eigenvalue weighted by Gasteiger charge is 2.45. The van der Waals surface area contributed by atoms with E-state index < -0.39 is 5.60 Å². The van der Waals surface area contributed by atoms with Crippen LogP contribution < -0.4 is 10.1 Å². The van der Waals surface area contributed by atoms with E-state index in [0.717, 1.165) is 42.5 Å². The first-order chi connectivity index (χ1) is 16.5.